The van der Waals surface area contributed by atoms with E-state index in [-0.39, 0.29) is 11.8 Å². The number of benzene rings is 1. The van der Waals surface area contributed by atoms with Crippen molar-refractivity contribution < 1.29 is 9.53 Å². The molecule has 3 nitrogen and oxygen atoms in total. The molecule has 1 unspecified atom stereocenters. The summed E-state index contributed by atoms with van der Waals surface area (Å²) in [4.78, 5) is 14.8. The summed E-state index contributed by atoms with van der Waals surface area (Å²) >= 11 is 1.98. The van der Waals surface area contributed by atoms with Crippen LogP contribution in [0.25, 0.3) is 0 Å². The van der Waals surface area contributed by atoms with E-state index < -0.39 is 0 Å². The van der Waals surface area contributed by atoms with Gasteiger partial charge in [0, 0.05) is 17.9 Å². The number of carbonyl (C=O) groups excluding carboxylic acids is 1. The first kappa shape index (κ1) is 14.4. The van der Waals surface area contributed by atoms with Crippen LogP contribution in [0.2, 0.25) is 0 Å². The summed E-state index contributed by atoms with van der Waals surface area (Å²) in [6, 6.07) is 7.36. The van der Waals surface area contributed by atoms with E-state index in [4.69, 9.17) is 4.74 Å². The van der Waals surface area contributed by atoms with Gasteiger partial charge in [0.25, 0.3) is 0 Å². The number of carbonyl (C=O) groups is 1. The fourth-order valence-corrected chi connectivity index (χ4v) is 3.22. The second-order valence-corrected chi connectivity index (χ2v) is 6.00. The summed E-state index contributed by atoms with van der Waals surface area (Å²) in [5.41, 5.74) is 0.769. The van der Waals surface area contributed by atoms with Gasteiger partial charge in [-0.2, -0.15) is 11.8 Å². The van der Waals surface area contributed by atoms with Gasteiger partial charge in [0.2, 0.25) is 0 Å². The Balaban J connectivity index is 2.04. The summed E-state index contributed by atoms with van der Waals surface area (Å²) in [5, 5.41) is 0. The molecule has 0 radical (unpaired) electrons. The van der Waals surface area contributed by atoms with E-state index >= 15 is 0 Å². The molecular formula is C15H21NO2S. The van der Waals surface area contributed by atoms with E-state index in [0.29, 0.717) is 0 Å². The highest BCUT2D eigenvalue weighted by molar-refractivity contribution is 7.99. The number of hydrogen-bond acceptors (Lipinski definition) is 4. The van der Waals surface area contributed by atoms with Crippen LogP contribution in [-0.2, 0) is 0 Å². The molecule has 1 atom stereocenters. The Hall–Kier alpha value is -1.00. The summed E-state index contributed by atoms with van der Waals surface area (Å²) in [6.07, 6.45) is 1.17. The number of nitrogens with zero attached hydrogens (tertiary/aromatic N) is 1. The van der Waals surface area contributed by atoms with Crippen LogP contribution in [0.3, 0.4) is 0 Å². The Morgan fingerprint density at radius 1 is 1.26 bits per heavy atom. The minimum atomic E-state index is -0.0351. The van der Waals surface area contributed by atoms with Crippen LogP contribution in [0.1, 0.15) is 23.7 Å². The number of rotatable bonds is 4. The lowest BCUT2D eigenvalue weighted by molar-refractivity contribution is 0.0848. The van der Waals surface area contributed by atoms with Crippen molar-refractivity contribution in [1.82, 2.24) is 4.90 Å². The van der Waals surface area contributed by atoms with Crippen molar-refractivity contribution in [3.63, 3.8) is 0 Å². The van der Waals surface area contributed by atoms with Gasteiger partial charge in [-0.15, -0.1) is 0 Å². The van der Waals surface area contributed by atoms with E-state index in [1.807, 2.05) is 43.0 Å². The van der Waals surface area contributed by atoms with Crippen LogP contribution in [0.15, 0.2) is 24.3 Å². The maximum absolute atomic E-state index is 12.5. The number of ketones is 1. The molecule has 1 saturated heterocycles. The van der Waals surface area contributed by atoms with Crippen LogP contribution in [0.5, 0.6) is 5.75 Å². The summed E-state index contributed by atoms with van der Waals surface area (Å²) in [7, 11) is 1.63. The molecule has 0 saturated carbocycles. The van der Waals surface area contributed by atoms with Crippen molar-refractivity contribution in [3.05, 3.63) is 29.8 Å². The number of ether oxygens (including phenoxy) is 1. The molecule has 1 fully saturated rings. The second kappa shape index (κ2) is 6.96. The van der Waals surface area contributed by atoms with Gasteiger partial charge in [-0.1, -0.05) is 0 Å². The summed E-state index contributed by atoms with van der Waals surface area (Å²) in [5.74, 6) is 3.32. The Morgan fingerprint density at radius 3 is 2.68 bits per heavy atom. The van der Waals surface area contributed by atoms with E-state index in [1.54, 1.807) is 7.11 Å². The Labute approximate surface area is 119 Å². The molecule has 0 spiro atoms. The van der Waals surface area contributed by atoms with E-state index in [9.17, 15) is 4.79 Å². The molecular weight excluding hydrogens is 258 g/mol. The van der Waals surface area contributed by atoms with Crippen LogP contribution in [0, 0.1) is 0 Å². The molecule has 104 valence electrons. The molecule has 0 amide bonds. The SMILES string of the molecule is COc1ccc(C(=O)C(C)N2CCCSCC2)cc1. The monoisotopic (exact) mass is 279 g/mol. The lowest BCUT2D eigenvalue weighted by Crippen LogP contribution is -2.40. The van der Waals surface area contributed by atoms with E-state index in [0.717, 1.165) is 30.2 Å². The second-order valence-electron chi connectivity index (χ2n) is 4.77. The highest BCUT2D eigenvalue weighted by Crippen LogP contribution is 2.17. The molecule has 1 heterocycles. The van der Waals surface area contributed by atoms with Gasteiger partial charge < -0.3 is 4.74 Å². The van der Waals surface area contributed by atoms with E-state index in [2.05, 4.69) is 4.90 Å². The third-order valence-corrected chi connectivity index (χ3v) is 4.61. The maximum atomic E-state index is 12.5. The number of methoxy groups -OCH3 is 1. The van der Waals surface area contributed by atoms with Crippen molar-refractivity contribution in [2.24, 2.45) is 0 Å². The maximum Gasteiger partial charge on any atom is 0.179 e. The van der Waals surface area contributed by atoms with Crippen molar-refractivity contribution in [1.29, 1.82) is 0 Å². The Morgan fingerprint density at radius 2 is 2.00 bits per heavy atom. The summed E-state index contributed by atoms with van der Waals surface area (Å²) < 4.78 is 5.12. The Kier molecular flexibility index (Phi) is 5.28. The van der Waals surface area contributed by atoms with Crippen LogP contribution in [0.4, 0.5) is 0 Å². The molecule has 0 N–H and O–H groups in total. The first-order valence-electron chi connectivity index (χ1n) is 6.72. The standard InChI is InChI=1S/C15H21NO2S/c1-12(16-8-3-10-19-11-9-16)15(17)13-4-6-14(18-2)7-5-13/h4-7,12H,3,8-11H2,1-2H3. The minimum Gasteiger partial charge on any atom is -0.497 e. The number of Topliss-reactive ketones (excluding diaryl/α,β-unsaturated/α-hetero) is 1. The third kappa shape index (κ3) is 3.74. The molecule has 1 aliphatic heterocycles. The third-order valence-electron chi connectivity index (χ3n) is 3.56. The van der Waals surface area contributed by atoms with Gasteiger partial charge in [-0.05, 0) is 49.9 Å². The predicted molar refractivity (Wildman–Crippen MR) is 80.3 cm³/mol. The largest absolute Gasteiger partial charge is 0.497 e. The normalized spacial score (nSPS) is 18.6. The van der Waals surface area contributed by atoms with Crippen molar-refractivity contribution in [2.45, 2.75) is 19.4 Å². The lowest BCUT2D eigenvalue weighted by atomic mass is 10.0. The fourth-order valence-electron chi connectivity index (χ4n) is 2.31. The zero-order chi connectivity index (χ0) is 13.7. The van der Waals surface area contributed by atoms with Gasteiger partial charge in [0.15, 0.2) is 5.78 Å². The number of thioether (sulfide) groups is 1. The molecule has 0 aromatic heterocycles. The molecule has 19 heavy (non-hydrogen) atoms. The van der Waals surface area contributed by atoms with Crippen molar-refractivity contribution >= 4 is 17.5 Å². The minimum absolute atomic E-state index is 0.0351. The number of hydrogen-bond donors (Lipinski definition) is 0. The van der Waals surface area contributed by atoms with Crippen LogP contribution >= 0.6 is 11.8 Å². The molecule has 2 rings (SSSR count). The molecule has 1 aromatic carbocycles. The highest BCUT2D eigenvalue weighted by Gasteiger charge is 2.23. The van der Waals surface area contributed by atoms with Gasteiger partial charge in [0.05, 0.1) is 13.2 Å². The molecule has 1 aliphatic rings. The van der Waals surface area contributed by atoms with E-state index in [1.165, 1.54) is 12.2 Å². The van der Waals surface area contributed by atoms with Crippen LogP contribution in [-0.4, -0.2) is 48.4 Å². The molecule has 0 aliphatic carbocycles. The average Bonchev–Trinajstić information content (AvgIpc) is 2.75. The molecule has 1 aromatic rings. The smallest absolute Gasteiger partial charge is 0.179 e. The first-order chi connectivity index (χ1) is 9.22. The van der Waals surface area contributed by atoms with Gasteiger partial charge in [0.1, 0.15) is 5.75 Å². The first-order valence-corrected chi connectivity index (χ1v) is 7.88. The predicted octanol–water partition coefficient (Wildman–Crippen LogP) is 2.71. The van der Waals surface area contributed by atoms with Crippen molar-refractivity contribution in [2.75, 3.05) is 31.7 Å². The zero-order valence-electron chi connectivity index (χ0n) is 11.6. The quantitative estimate of drug-likeness (QED) is 0.793. The van der Waals surface area contributed by atoms with Gasteiger partial charge in [-0.3, -0.25) is 9.69 Å². The lowest BCUT2D eigenvalue weighted by Gasteiger charge is -2.26. The van der Waals surface area contributed by atoms with Crippen LogP contribution < -0.4 is 4.74 Å². The topological polar surface area (TPSA) is 29.5 Å². The van der Waals surface area contributed by atoms with Crippen molar-refractivity contribution in [3.8, 4) is 5.75 Å². The Bertz CT molecular complexity index is 411. The van der Waals surface area contributed by atoms with Gasteiger partial charge in [-0.25, -0.2) is 0 Å². The molecule has 0 bridgehead atoms. The average molecular weight is 279 g/mol. The highest BCUT2D eigenvalue weighted by atomic mass is 32.2. The summed E-state index contributed by atoms with van der Waals surface area (Å²) in [6.45, 7) is 4.05. The zero-order valence-corrected chi connectivity index (χ0v) is 12.4. The molecule has 4 heteroatoms. The fraction of sp³-hybridized carbons (Fsp3) is 0.533. The van der Waals surface area contributed by atoms with Gasteiger partial charge >= 0.3 is 0 Å².